The van der Waals surface area contributed by atoms with Gasteiger partial charge in [-0.2, -0.15) is 0 Å². The number of amides is 2. The molecule has 0 saturated carbocycles. The lowest BCUT2D eigenvalue weighted by molar-refractivity contribution is 0.0914. The van der Waals surface area contributed by atoms with Gasteiger partial charge in [0.25, 0.3) is 11.8 Å². The number of halogens is 1. The number of carbonyl (C=O) groups excluding carboxylic acids is 2. The van der Waals surface area contributed by atoms with E-state index in [4.69, 9.17) is 4.42 Å². The van der Waals surface area contributed by atoms with Crippen LogP contribution in [0.4, 0.5) is 5.69 Å². The predicted molar refractivity (Wildman–Crippen MR) is 98.3 cm³/mol. The number of benzene rings is 1. The van der Waals surface area contributed by atoms with Crippen LogP contribution < -0.4 is 16.0 Å². The Kier molecular flexibility index (Phi) is 6.61. The second-order valence-corrected chi connectivity index (χ2v) is 6.06. The van der Waals surface area contributed by atoms with E-state index in [2.05, 4.69) is 22.9 Å². The summed E-state index contributed by atoms with van der Waals surface area (Å²) in [4.78, 5) is 24.5. The molecule has 2 heterocycles. The minimum atomic E-state index is -0.345. The van der Waals surface area contributed by atoms with Crippen LogP contribution in [0.2, 0.25) is 0 Å². The van der Waals surface area contributed by atoms with Crippen LogP contribution in [0, 0.1) is 5.92 Å². The van der Waals surface area contributed by atoms with Gasteiger partial charge < -0.3 is 20.4 Å². The first-order valence-corrected chi connectivity index (χ1v) is 8.10. The number of hydrogen-bond donors (Lipinski definition) is 3. The minimum absolute atomic E-state index is 0. The Hall–Kier alpha value is -2.31. The molecule has 7 heteroatoms. The van der Waals surface area contributed by atoms with Gasteiger partial charge in [-0.25, -0.2) is 0 Å². The molecule has 0 aliphatic carbocycles. The SMILES string of the molecule is CC1CCNCC1NC(=O)c1cccc(NC(=O)c2ccco2)c1.Cl. The van der Waals surface area contributed by atoms with Gasteiger partial charge in [0.05, 0.1) is 6.26 Å². The molecule has 1 aliphatic heterocycles. The van der Waals surface area contributed by atoms with E-state index < -0.39 is 0 Å². The normalized spacial score (nSPS) is 19.6. The lowest BCUT2D eigenvalue weighted by Gasteiger charge is -2.30. The summed E-state index contributed by atoms with van der Waals surface area (Å²) < 4.78 is 5.06. The first-order chi connectivity index (χ1) is 11.6. The van der Waals surface area contributed by atoms with Crippen molar-refractivity contribution in [1.82, 2.24) is 10.6 Å². The molecule has 0 spiro atoms. The van der Waals surface area contributed by atoms with Gasteiger partial charge in [-0.05, 0) is 49.2 Å². The number of carbonyl (C=O) groups is 2. The van der Waals surface area contributed by atoms with Crippen molar-refractivity contribution in [3.05, 3.63) is 54.0 Å². The maximum absolute atomic E-state index is 12.5. The van der Waals surface area contributed by atoms with Gasteiger partial charge in [-0.3, -0.25) is 9.59 Å². The highest BCUT2D eigenvalue weighted by Crippen LogP contribution is 2.15. The molecule has 1 saturated heterocycles. The number of rotatable bonds is 4. The largest absolute Gasteiger partial charge is 0.459 e. The van der Waals surface area contributed by atoms with Crippen molar-refractivity contribution in [2.45, 2.75) is 19.4 Å². The molecule has 3 rings (SSSR count). The fourth-order valence-corrected chi connectivity index (χ4v) is 2.77. The summed E-state index contributed by atoms with van der Waals surface area (Å²) in [6, 6.07) is 10.2. The Morgan fingerprint density at radius 2 is 2.04 bits per heavy atom. The average molecular weight is 364 g/mol. The number of piperidine rings is 1. The molecule has 0 radical (unpaired) electrons. The summed E-state index contributed by atoms with van der Waals surface area (Å²) in [5, 5.41) is 9.08. The van der Waals surface area contributed by atoms with E-state index >= 15 is 0 Å². The second kappa shape index (κ2) is 8.69. The van der Waals surface area contributed by atoms with Crippen molar-refractivity contribution < 1.29 is 14.0 Å². The summed E-state index contributed by atoms with van der Waals surface area (Å²) >= 11 is 0. The van der Waals surface area contributed by atoms with Crippen LogP contribution in [0.5, 0.6) is 0 Å². The molecule has 134 valence electrons. The maximum Gasteiger partial charge on any atom is 0.291 e. The van der Waals surface area contributed by atoms with Gasteiger partial charge in [0.1, 0.15) is 0 Å². The Labute approximate surface area is 152 Å². The molecule has 1 fully saturated rings. The highest BCUT2D eigenvalue weighted by atomic mass is 35.5. The summed E-state index contributed by atoms with van der Waals surface area (Å²) in [5.74, 6) is 0.191. The summed E-state index contributed by atoms with van der Waals surface area (Å²) in [7, 11) is 0. The van der Waals surface area contributed by atoms with Gasteiger partial charge in [0.15, 0.2) is 5.76 Å². The van der Waals surface area contributed by atoms with Crippen LogP contribution >= 0.6 is 12.4 Å². The fourth-order valence-electron chi connectivity index (χ4n) is 2.77. The second-order valence-electron chi connectivity index (χ2n) is 6.06. The molecule has 1 aromatic heterocycles. The fraction of sp³-hybridized carbons (Fsp3) is 0.333. The van der Waals surface area contributed by atoms with Gasteiger partial charge in [0.2, 0.25) is 0 Å². The quantitative estimate of drug-likeness (QED) is 0.779. The van der Waals surface area contributed by atoms with Gasteiger partial charge in [-0.1, -0.05) is 13.0 Å². The van der Waals surface area contributed by atoms with E-state index in [9.17, 15) is 9.59 Å². The van der Waals surface area contributed by atoms with E-state index in [1.165, 1.54) is 6.26 Å². The van der Waals surface area contributed by atoms with Crippen LogP contribution in [0.15, 0.2) is 47.1 Å². The zero-order chi connectivity index (χ0) is 16.9. The van der Waals surface area contributed by atoms with Crippen molar-refractivity contribution in [2.75, 3.05) is 18.4 Å². The first-order valence-electron chi connectivity index (χ1n) is 8.10. The Morgan fingerprint density at radius 3 is 2.76 bits per heavy atom. The Morgan fingerprint density at radius 1 is 1.20 bits per heavy atom. The monoisotopic (exact) mass is 363 g/mol. The molecular formula is C18H22ClN3O3. The zero-order valence-corrected chi connectivity index (χ0v) is 14.8. The van der Waals surface area contributed by atoms with E-state index in [1.54, 1.807) is 36.4 Å². The van der Waals surface area contributed by atoms with Crippen molar-refractivity contribution in [1.29, 1.82) is 0 Å². The standard InChI is InChI=1S/C18H21N3O3.ClH/c1-12-7-8-19-11-15(12)21-17(22)13-4-2-5-14(10-13)20-18(23)16-6-3-9-24-16;/h2-6,9-10,12,15,19H,7-8,11H2,1H3,(H,20,23)(H,21,22);1H. The molecule has 2 amide bonds. The highest BCUT2D eigenvalue weighted by Gasteiger charge is 2.23. The van der Waals surface area contributed by atoms with Crippen molar-refractivity contribution in [3.8, 4) is 0 Å². The molecule has 3 N–H and O–H groups in total. The van der Waals surface area contributed by atoms with E-state index in [-0.39, 0.29) is 36.0 Å². The number of furan rings is 1. The van der Waals surface area contributed by atoms with Crippen molar-refractivity contribution >= 4 is 29.9 Å². The third-order valence-corrected chi connectivity index (χ3v) is 4.27. The Balaban J connectivity index is 0.00000225. The number of hydrogen-bond acceptors (Lipinski definition) is 4. The van der Waals surface area contributed by atoms with Crippen LogP contribution in [0.1, 0.15) is 34.3 Å². The molecule has 25 heavy (non-hydrogen) atoms. The molecule has 2 aromatic rings. The van der Waals surface area contributed by atoms with Crippen LogP contribution in [-0.2, 0) is 0 Å². The lowest BCUT2D eigenvalue weighted by Crippen LogP contribution is -2.50. The molecule has 6 nitrogen and oxygen atoms in total. The third-order valence-electron chi connectivity index (χ3n) is 4.27. The minimum Gasteiger partial charge on any atom is -0.459 e. The average Bonchev–Trinajstić information content (AvgIpc) is 3.12. The van der Waals surface area contributed by atoms with Crippen LogP contribution in [0.25, 0.3) is 0 Å². The summed E-state index contributed by atoms with van der Waals surface area (Å²) in [6.07, 6.45) is 2.49. The lowest BCUT2D eigenvalue weighted by atomic mass is 9.94. The molecule has 1 aliphatic rings. The smallest absolute Gasteiger partial charge is 0.291 e. The number of nitrogens with one attached hydrogen (secondary N) is 3. The first kappa shape index (κ1) is 19.0. The Bertz CT molecular complexity index is 718. The molecule has 0 bridgehead atoms. The third kappa shape index (κ3) is 4.84. The van der Waals surface area contributed by atoms with E-state index in [0.717, 1.165) is 19.5 Å². The van der Waals surface area contributed by atoms with Gasteiger partial charge in [-0.15, -0.1) is 12.4 Å². The van der Waals surface area contributed by atoms with Crippen LogP contribution in [-0.4, -0.2) is 30.9 Å². The molecular weight excluding hydrogens is 342 g/mol. The molecule has 2 unspecified atom stereocenters. The zero-order valence-electron chi connectivity index (χ0n) is 14.0. The highest BCUT2D eigenvalue weighted by molar-refractivity contribution is 6.03. The molecule has 2 atom stereocenters. The van der Waals surface area contributed by atoms with Crippen LogP contribution in [0.3, 0.4) is 0 Å². The van der Waals surface area contributed by atoms with E-state index in [0.29, 0.717) is 17.2 Å². The number of anilines is 1. The van der Waals surface area contributed by atoms with Gasteiger partial charge >= 0.3 is 0 Å². The van der Waals surface area contributed by atoms with Gasteiger partial charge in [0, 0.05) is 23.8 Å². The summed E-state index contributed by atoms with van der Waals surface area (Å²) in [5.41, 5.74) is 1.07. The summed E-state index contributed by atoms with van der Waals surface area (Å²) in [6.45, 7) is 3.91. The predicted octanol–water partition coefficient (Wildman–Crippen LogP) is 2.68. The van der Waals surface area contributed by atoms with Crippen molar-refractivity contribution in [3.63, 3.8) is 0 Å². The van der Waals surface area contributed by atoms with Crippen molar-refractivity contribution in [2.24, 2.45) is 5.92 Å². The topological polar surface area (TPSA) is 83.4 Å². The maximum atomic E-state index is 12.5. The van der Waals surface area contributed by atoms with E-state index in [1.807, 2.05) is 0 Å². The molecule has 1 aromatic carbocycles.